The molecule has 0 bridgehead atoms. The summed E-state index contributed by atoms with van der Waals surface area (Å²) in [7, 11) is 1.61. The van der Waals surface area contributed by atoms with Crippen molar-refractivity contribution in [2.24, 2.45) is 12.2 Å². The molecule has 0 N–H and O–H groups in total. The molecule has 31 heavy (non-hydrogen) atoms. The van der Waals surface area contributed by atoms with Gasteiger partial charge in [-0.1, -0.05) is 59.8 Å². The van der Waals surface area contributed by atoms with Crippen molar-refractivity contribution in [3.8, 4) is 11.4 Å². The number of hydrogen-bond donors (Lipinski definition) is 0. The molecule has 158 valence electrons. The Hall–Kier alpha value is -3.81. The van der Waals surface area contributed by atoms with Gasteiger partial charge >= 0.3 is 5.69 Å². The summed E-state index contributed by atoms with van der Waals surface area (Å²) in [5.41, 5.74) is 2.78. The Morgan fingerprint density at radius 3 is 2.39 bits per heavy atom. The lowest BCUT2D eigenvalue weighted by molar-refractivity contribution is 0.576. The normalized spacial score (nSPS) is 11.2. The zero-order chi connectivity index (χ0) is 22.0. The van der Waals surface area contributed by atoms with Gasteiger partial charge in [0.25, 0.3) is 5.56 Å². The lowest BCUT2D eigenvalue weighted by Crippen LogP contribution is -2.39. The fraction of sp³-hybridized carbons (Fsp3) is 0.261. The molecule has 0 atom stereocenters. The SMILES string of the molecule is Cc1ccccc1-c1nc2c(c(=O)n(CCCN=O)c(=O)n2C)n1Cc1ccccc1. The van der Waals surface area contributed by atoms with Crippen LogP contribution in [0.5, 0.6) is 0 Å². The number of benzene rings is 2. The number of nitrogens with zero attached hydrogens (tertiary/aromatic N) is 5. The lowest BCUT2D eigenvalue weighted by Gasteiger charge is -2.12. The predicted octanol–water partition coefficient (Wildman–Crippen LogP) is 3.08. The molecule has 0 spiro atoms. The summed E-state index contributed by atoms with van der Waals surface area (Å²) < 4.78 is 4.44. The van der Waals surface area contributed by atoms with Crippen LogP contribution in [0.15, 0.2) is 69.4 Å². The molecular weight excluding hydrogens is 394 g/mol. The van der Waals surface area contributed by atoms with Gasteiger partial charge in [0.05, 0.1) is 6.54 Å². The summed E-state index contributed by atoms with van der Waals surface area (Å²) in [6, 6.07) is 17.6. The van der Waals surface area contributed by atoms with Gasteiger partial charge in [-0.2, -0.15) is 4.91 Å². The van der Waals surface area contributed by atoms with Gasteiger partial charge in [0.1, 0.15) is 5.82 Å². The number of hydrogen-bond acceptors (Lipinski definition) is 5. The maximum Gasteiger partial charge on any atom is 0.332 e. The highest BCUT2D eigenvalue weighted by Crippen LogP contribution is 2.26. The fourth-order valence-corrected chi connectivity index (χ4v) is 3.81. The molecule has 2 heterocycles. The first kappa shape index (κ1) is 20.5. The van der Waals surface area contributed by atoms with Crippen LogP contribution < -0.4 is 11.2 Å². The monoisotopic (exact) mass is 417 g/mol. The molecule has 0 saturated carbocycles. The van der Waals surface area contributed by atoms with Crippen LogP contribution in [0.4, 0.5) is 0 Å². The molecule has 0 amide bonds. The van der Waals surface area contributed by atoms with Crippen molar-refractivity contribution in [1.29, 1.82) is 0 Å². The first-order valence-corrected chi connectivity index (χ1v) is 10.1. The first-order valence-electron chi connectivity index (χ1n) is 10.1. The topological polar surface area (TPSA) is 91.2 Å². The molecule has 4 aromatic rings. The zero-order valence-electron chi connectivity index (χ0n) is 17.5. The third-order valence-corrected chi connectivity index (χ3v) is 5.43. The minimum absolute atomic E-state index is 0.0470. The first-order chi connectivity index (χ1) is 15.0. The summed E-state index contributed by atoms with van der Waals surface area (Å²) in [5.74, 6) is 0.636. The second-order valence-electron chi connectivity index (χ2n) is 7.50. The maximum atomic E-state index is 13.4. The second-order valence-corrected chi connectivity index (χ2v) is 7.50. The van der Waals surface area contributed by atoms with Crippen LogP contribution in [-0.2, 0) is 20.1 Å². The van der Waals surface area contributed by atoms with Gasteiger partial charge in [-0.25, -0.2) is 9.78 Å². The van der Waals surface area contributed by atoms with Crippen LogP contribution in [0.2, 0.25) is 0 Å². The van der Waals surface area contributed by atoms with Crippen molar-refractivity contribution in [2.45, 2.75) is 26.4 Å². The van der Waals surface area contributed by atoms with Gasteiger partial charge in [0.2, 0.25) is 0 Å². The Labute approximate surface area is 178 Å². The minimum atomic E-state index is -0.455. The Morgan fingerprint density at radius 2 is 1.68 bits per heavy atom. The van der Waals surface area contributed by atoms with Gasteiger partial charge in [-0.05, 0) is 24.5 Å². The highest BCUT2D eigenvalue weighted by atomic mass is 16.3. The molecule has 0 aliphatic carbocycles. The number of imidazole rings is 1. The summed E-state index contributed by atoms with van der Waals surface area (Å²) in [6.07, 6.45) is 0.321. The van der Waals surface area contributed by atoms with Crippen molar-refractivity contribution in [3.63, 3.8) is 0 Å². The van der Waals surface area contributed by atoms with E-state index in [4.69, 9.17) is 4.98 Å². The predicted molar refractivity (Wildman–Crippen MR) is 120 cm³/mol. The van der Waals surface area contributed by atoms with Crippen molar-refractivity contribution in [3.05, 3.63) is 91.5 Å². The smallest absolute Gasteiger partial charge is 0.314 e. The van der Waals surface area contributed by atoms with Crippen LogP contribution in [0.3, 0.4) is 0 Å². The van der Waals surface area contributed by atoms with Crippen molar-refractivity contribution in [1.82, 2.24) is 18.7 Å². The van der Waals surface area contributed by atoms with Gasteiger partial charge in [-0.3, -0.25) is 13.9 Å². The minimum Gasteiger partial charge on any atom is -0.314 e. The third-order valence-electron chi connectivity index (χ3n) is 5.43. The molecule has 0 radical (unpaired) electrons. The van der Waals surface area contributed by atoms with Crippen LogP contribution in [0.25, 0.3) is 22.6 Å². The van der Waals surface area contributed by atoms with Crippen molar-refractivity contribution >= 4 is 11.2 Å². The largest absolute Gasteiger partial charge is 0.332 e. The van der Waals surface area contributed by atoms with Crippen LogP contribution in [0, 0.1) is 11.8 Å². The quantitative estimate of drug-likeness (QED) is 0.341. The van der Waals surface area contributed by atoms with Gasteiger partial charge in [0, 0.05) is 25.7 Å². The Bertz CT molecular complexity index is 1370. The number of nitroso groups, excluding NO2 is 1. The molecule has 2 aromatic heterocycles. The average Bonchev–Trinajstić information content (AvgIpc) is 3.15. The Kier molecular flexibility index (Phi) is 5.62. The van der Waals surface area contributed by atoms with E-state index in [1.165, 1.54) is 4.57 Å². The lowest BCUT2D eigenvalue weighted by atomic mass is 10.1. The number of aromatic nitrogens is 4. The van der Waals surface area contributed by atoms with Crippen molar-refractivity contribution in [2.75, 3.05) is 6.54 Å². The maximum absolute atomic E-state index is 13.4. The summed E-state index contributed by atoms with van der Waals surface area (Å²) in [6.45, 7) is 2.60. The van der Waals surface area contributed by atoms with E-state index in [0.717, 1.165) is 21.3 Å². The molecule has 0 aliphatic heterocycles. The van der Waals surface area contributed by atoms with E-state index in [1.54, 1.807) is 7.05 Å². The van der Waals surface area contributed by atoms with Gasteiger partial charge in [0.15, 0.2) is 11.2 Å². The zero-order valence-corrected chi connectivity index (χ0v) is 17.5. The van der Waals surface area contributed by atoms with E-state index >= 15 is 0 Å². The molecular formula is C23H23N5O3. The molecule has 8 heteroatoms. The van der Waals surface area contributed by atoms with E-state index in [-0.39, 0.29) is 13.1 Å². The number of fused-ring (bicyclic) bond motifs is 1. The van der Waals surface area contributed by atoms with Gasteiger partial charge in [-0.15, -0.1) is 0 Å². The van der Waals surface area contributed by atoms with E-state index in [0.29, 0.717) is 30.0 Å². The van der Waals surface area contributed by atoms with Crippen LogP contribution >= 0.6 is 0 Å². The molecule has 2 aromatic carbocycles. The molecule has 4 rings (SSSR count). The Morgan fingerprint density at radius 1 is 0.968 bits per heavy atom. The average molecular weight is 417 g/mol. The summed E-state index contributed by atoms with van der Waals surface area (Å²) in [4.78, 5) is 41.5. The van der Waals surface area contributed by atoms with Crippen LogP contribution in [-0.4, -0.2) is 25.2 Å². The van der Waals surface area contributed by atoms with Crippen molar-refractivity contribution < 1.29 is 0 Å². The highest BCUT2D eigenvalue weighted by molar-refractivity contribution is 5.78. The van der Waals surface area contributed by atoms with E-state index in [9.17, 15) is 14.5 Å². The fourth-order valence-electron chi connectivity index (χ4n) is 3.81. The van der Waals surface area contributed by atoms with Crippen LogP contribution in [0.1, 0.15) is 17.5 Å². The Balaban J connectivity index is 2.02. The van der Waals surface area contributed by atoms with E-state index < -0.39 is 11.2 Å². The summed E-state index contributed by atoms with van der Waals surface area (Å²) in [5, 5.41) is 2.83. The highest BCUT2D eigenvalue weighted by Gasteiger charge is 2.22. The third kappa shape index (κ3) is 3.72. The molecule has 0 unspecified atom stereocenters. The molecule has 0 aliphatic rings. The molecule has 0 fully saturated rings. The second kappa shape index (κ2) is 8.51. The van der Waals surface area contributed by atoms with E-state index in [2.05, 4.69) is 5.18 Å². The standard InChI is InChI=1S/C23H23N5O3/c1-16-9-6-7-12-18(16)20-25-21-19(28(20)15-17-10-4-3-5-11-17)22(29)27(14-8-13-24-31)23(30)26(21)2/h3-7,9-12H,8,13-15H2,1-2H3. The molecule has 0 saturated heterocycles. The van der Waals surface area contributed by atoms with Gasteiger partial charge < -0.3 is 4.57 Å². The van der Waals surface area contributed by atoms with E-state index in [1.807, 2.05) is 66.1 Å². The number of aryl methyl sites for hydroxylation is 2. The number of rotatable bonds is 7. The molecule has 8 nitrogen and oxygen atoms in total. The summed E-state index contributed by atoms with van der Waals surface area (Å²) >= 11 is 0.